The minimum atomic E-state index is 0.152. The molecule has 4 rings (SSSR count). The summed E-state index contributed by atoms with van der Waals surface area (Å²) in [6, 6.07) is 27.0. The van der Waals surface area contributed by atoms with E-state index in [1.165, 1.54) is 37.1 Å². The Morgan fingerprint density at radius 3 is 2.18 bits per heavy atom. The summed E-state index contributed by atoms with van der Waals surface area (Å²) in [4.78, 5) is 2.53. The predicted octanol–water partition coefficient (Wildman–Crippen LogP) is 6.32. The van der Waals surface area contributed by atoms with E-state index in [4.69, 9.17) is 0 Å². The van der Waals surface area contributed by atoms with Gasteiger partial charge < -0.3 is 15.1 Å². The van der Waals surface area contributed by atoms with Crippen molar-refractivity contribution >= 4 is 11.1 Å². The van der Waals surface area contributed by atoms with Gasteiger partial charge >= 0.3 is 0 Å². The summed E-state index contributed by atoms with van der Waals surface area (Å²) < 4.78 is 0. The van der Waals surface area contributed by atoms with Crippen LogP contribution in [0.15, 0.2) is 78.9 Å². The average Bonchev–Trinajstić information content (AvgIpc) is 2.87. The highest BCUT2D eigenvalue weighted by molar-refractivity contribution is 5.98. The molecule has 1 fully saturated rings. The molecule has 3 heteroatoms. The van der Waals surface area contributed by atoms with Gasteiger partial charge in [-0.05, 0) is 96.8 Å². The number of aliphatic hydroxyl groups is 1. The van der Waals surface area contributed by atoms with E-state index in [-0.39, 0.29) is 12.4 Å². The van der Waals surface area contributed by atoms with E-state index >= 15 is 0 Å². The lowest BCUT2D eigenvalue weighted by atomic mass is 9.85. The fourth-order valence-electron chi connectivity index (χ4n) is 4.99. The topological polar surface area (TPSA) is 43.7 Å². The van der Waals surface area contributed by atoms with E-state index in [1.54, 1.807) is 6.07 Å². The zero-order valence-corrected chi connectivity index (χ0v) is 19.6. The Morgan fingerprint density at radius 1 is 0.848 bits per heavy atom. The van der Waals surface area contributed by atoms with Gasteiger partial charge in [-0.3, -0.25) is 0 Å². The van der Waals surface area contributed by atoms with Gasteiger partial charge in [0, 0.05) is 6.61 Å². The van der Waals surface area contributed by atoms with Crippen LogP contribution in [0.4, 0.5) is 0 Å². The molecule has 0 saturated carbocycles. The lowest BCUT2D eigenvalue weighted by molar-refractivity contribution is 0.222. The summed E-state index contributed by atoms with van der Waals surface area (Å²) in [5.41, 5.74) is 7.03. The molecule has 2 N–H and O–H groups in total. The first-order valence-electron chi connectivity index (χ1n) is 12.2. The molecular formula is C30H35NO2. The van der Waals surface area contributed by atoms with Gasteiger partial charge in [0.25, 0.3) is 0 Å². The molecule has 3 aromatic rings. The normalized spacial score (nSPS) is 15.9. The Labute approximate surface area is 198 Å². The second kappa shape index (κ2) is 11.3. The van der Waals surface area contributed by atoms with Gasteiger partial charge in [0.15, 0.2) is 0 Å². The van der Waals surface area contributed by atoms with Crippen molar-refractivity contribution in [2.45, 2.75) is 38.5 Å². The Hall–Kier alpha value is -2.88. The average molecular weight is 442 g/mol. The molecule has 0 aromatic heterocycles. The zero-order chi connectivity index (χ0) is 23.0. The van der Waals surface area contributed by atoms with Crippen molar-refractivity contribution in [2.24, 2.45) is 0 Å². The molecule has 1 aliphatic rings. The molecule has 1 aliphatic heterocycles. The first-order chi connectivity index (χ1) is 16.2. The monoisotopic (exact) mass is 441 g/mol. The summed E-state index contributed by atoms with van der Waals surface area (Å²) >= 11 is 0. The third kappa shape index (κ3) is 5.73. The standard InChI is InChI=1S/C30H35NO2/c1-2-31-19-17-24(18-20-31)23-13-15-26(16-14-23)30(27-10-6-11-28(33)22-27)29(12-7-21-32)25-8-4-3-5-9-25/h3-6,8-11,13-16,22,24,32-33H,2,7,12,17-21H2,1H3/b30-29+. The molecule has 0 atom stereocenters. The zero-order valence-electron chi connectivity index (χ0n) is 19.6. The van der Waals surface area contributed by atoms with E-state index in [1.807, 2.05) is 18.2 Å². The van der Waals surface area contributed by atoms with Gasteiger partial charge in [-0.25, -0.2) is 0 Å². The Balaban J connectivity index is 1.76. The third-order valence-electron chi connectivity index (χ3n) is 6.85. The van der Waals surface area contributed by atoms with Crippen molar-refractivity contribution in [3.63, 3.8) is 0 Å². The summed E-state index contributed by atoms with van der Waals surface area (Å²) in [6.45, 7) is 5.89. The van der Waals surface area contributed by atoms with Gasteiger partial charge in [0.2, 0.25) is 0 Å². The minimum Gasteiger partial charge on any atom is -0.508 e. The highest BCUT2D eigenvalue weighted by Gasteiger charge is 2.20. The van der Waals surface area contributed by atoms with Gasteiger partial charge in [0.1, 0.15) is 5.75 Å². The van der Waals surface area contributed by atoms with Crippen LogP contribution in [0.25, 0.3) is 11.1 Å². The second-order valence-corrected chi connectivity index (χ2v) is 8.93. The number of allylic oxidation sites excluding steroid dienone is 1. The van der Waals surface area contributed by atoms with E-state index < -0.39 is 0 Å². The maximum atomic E-state index is 10.2. The van der Waals surface area contributed by atoms with Gasteiger partial charge in [-0.1, -0.05) is 73.7 Å². The number of piperidine rings is 1. The van der Waals surface area contributed by atoms with Crippen LogP contribution in [0, 0.1) is 0 Å². The molecule has 0 spiro atoms. The van der Waals surface area contributed by atoms with Crippen molar-refractivity contribution < 1.29 is 10.2 Å². The lowest BCUT2D eigenvalue weighted by Gasteiger charge is -2.31. The molecule has 0 amide bonds. The van der Waals surface area contributed by atoms with Crippen LogP contribution in [-0.2, 0) is 0 Å². The summed E-state index contributed by atoms with van der Waals surface area (Å²) in [5, 5.41) is 19.8. The van der Waals surface area contributed by atoms with Crippen molar-refractivity contribution in [1.82, 2.24) is 4.90 Å². The number of aliphatic hydroxyl groups excluding tert-OH is 1. The lowest BCUT2D eigenvalue weighted by Crippen LogP contribution is -2.32. The van der Waals surface area contributed by atoms with Crippen LogP contribution in [0.1, 0.15) is 60.8 Å². The molecule has 0 bridgehead atoms. The number of likely N-dealkylation sites (tertiary alicyclic amines) is 1. The second-order valence-electron chi connectivity index (χ2n) is 8.93. The van der Waals surface area contributed by atoms with Crippen molar-refractivity contribution in [3.05, 3.63) is 101 Å². The summed E-state index contributed by atoms with van der Waals surface area (Å²) in [6.07, 6.45) is 3.89. The number of hydrogen-bond acceptors (Lipinski definition) is 3. The van der Waals surface area contributed by atoms with Gasteiger partial charge in [0.05, 0.1) is 0 Å². The van der Waals surface area contributed by atoms with Gasteiger partial charge in [-0.2, -0.15) is 0 Å². The molecular weight excluding hydrogens is 406 g/mol. The molecule has 0 unspecified atom stereocenters. The molecule has 0 radical (unpaired) electrons. The Morgan fingerprint density at radius 2 is 1.55 bits per heavy atom. The highest BCUT2D eigenvalue weighted by Crippen LogP contribution is 2.37. The molecule has 0 aliphatic carbocycles. The van der Waals surface area contributed by atoms with Crippen LogP contribution >= 0.6 is 0 Å². The predicted molar refractivity (Wildman–Crippen MR) is 137 cm³/mol. The van der Waals surface area contributed by atoms with Crippen LogP contribution in [0.3, 0.4) is 0 Å². The number of rotatable bonds is 8. The quantitative estimate of drug-likeness (QED) is 0.402. The number of aromatic hydroxyl groups is 1. The van der Waals surface area contributed by atoms with Crippen LogP contribution in [-0.4, -0.2) is 41.4 Å². The smallest absolute Gasteiger partial charge is 0.116 e. The van der Waals surface area contributed by atoms with Crippen molar-refractivity contribution in [1.29, 1.82) is 0 Å². The number of hydrogen-bond donors (Lipinski definition) is 2. The fourth-order valence-corrected chi connectivity index (χ4v) is 4.99. The molecule has 1 heterocycles. The maximum Gasteiger partial charge on any atom is 0.116 e. The number of benzene rings is 3. The maximum absolute atomic E-state index is 10.2. The number of phenolic OH excluding ortho intramolecular Hbond substituents is 1. The van der Waals surface area contributed by atoms with E-state index in [0.29, 0.717) is 12.3 Å². The SMILES string of the molecule is CCN1CCC(c2ccc(/C(=C(/CCCO)c3ccccc3)c3cccc(O)c3)cc2)CC1. The molecule has 33 heavy (non-hydrogen) atoms. The van der Waals surface area contributed by atoms with Crippen LogP contribution in [0.5, 0.6) is 5.75 Å². The van der Waals surface area contributed by atoms with Crippen molar-refractivity contribution in [2.75, 3.05) is 26.2 Å². The van der Waals surface area contributed by atoms with Crippen molar-refractivity contribution in [3.8, 4) is 5.75 Å². The molecule has 3 aromatic carbocycles. The largest absolute Gasteiger partial charge is 0.508 e. The molecule has 3 nitrogen and oxygen atoms in total. The van der Waals surface area contributed by atoms with E-state index in [0.717, 1.165) is 35.2 Å². The number of phenols is 1. The summed E-state index contributed by atoms with van der Waals surface area (Å²) in [7, 11) is 0. The first kappa shape index (κ1) is 23.3. The fraction of sp³-hybridized carbons (Fsp3) is 0.333. The molecule has 172 valence electrons. The van der Waals surface area contributed by atoms with Gasteiger partial charge in [-0.15, -0.1) is 0 Å². The summed E-state index contributed by atoms with van der Waals surface area (Å²) in [5.74, 6) is 0.886. The Bertz CT molecular complexity index is 1050. The van der Waals surface area contributed by atoms with E-state index in [9.17, 15) is 10.2 Å². The number of nitrogens with zero attached hydrogens (tertiary/aromatic N) is 1. The van der Waals surface area contributed by atoms with Crippen LogP contribution in [0.2, 0.25) is 0 Å². The minimum absolute atomic E-state index is 0.152. The first-order valence-corrected chi connectivity index (χ1v) is 12.2. The highest BCUT2D eigenvalue weighted by atomic mass is 16.3. The van der Waals surface area contributed by atoms with Crippen LogP contribution < -0.4 is 0 Å². The Kier molecular flexibility index (Phi) is 7.98. The molecule has 1 saturated heterocycles. The van der Waals surface area contributed by atoms with E-state index in [2.05, 4.69) is 66.4 Å². The third-order valence-corrected chi connectivity index (χ3v) is 6.85.